The molecule has 3 atom stereocenters. The number of furan rings is 1. The molecule has 1 heterocycles. The number of rotatable bonds is 11. The largest absolute Gasteiger partial charge is 0.482 e. The van der Waals surface area contributed by atoms with Crippen molar-refractivity contribution in [1.82, 2.24) is 4.90 Å². The van der Waals surface area contributed by atoms with E-state index in [2.05, 4.69) is 33.9 Å². The molecule has 44 heavy (non-hydrogen) atoms. The Hall–Kier alpha value is -3.10. The lowest BCUT2D eigenvalue weighted by molar-refractivity contribution is -0.157. The van der Waals surface area contributed by atoms with Crippen molar-refractivity contribution in [2.75, 3.05) is 13.7 Å². The van der Waals surface area contributed by atoms with E-state index in [0.29, 0.717) is 11.7 Å². The molecule has 240 valence electrons. The fraction of sp³-hybridized carbons (Fsp3) is 0.556. The molecule has 0 radical (unpaired) electrons. The maximum Gasteiger partial charge on any atom is 0.344 e. The van der Waals surface area contributed by atoms with E-state index in [0.717, 1.165) is 47.8 Å². The van der Waals surface area contributed by atoms with Crippen LogP contribution in [0.15, 0.2) is 59.2 Å². The Labute approximate surface area is 264 Å². The molecule has 8 heteroatoms. The van der Waals surface area contributed by atoms with Crippen LogP contribution in [0, 0.1) is 5.92 Å². The van der Waals surface area contributed by atoms with Crippen molar-refractivity contribution < 1.29 is 27.9 Å². The first kappa shape index (κ1) is 33.8. The van der Waals surface area contributed by atoms with Gasteiger partial charge in [-0.15, -0.1) is 0 Å². The Morgan fingerprint density at radius 3 is 2.45 bits per heavy atom. The number of benzene rings is 2. The highest BCUT2D eigenvalue weighted by Gasteiger charge is 2.41. The van der Waals surface area contributed by atoms with Gasteiger partial charge in [0.1, 0.15) is 16.9 Å². The molecule has 1 unspecified atom stereocenters. The summed E-state index contributed by atoms with van der Waals surface area (Å²) in [5.41, 5.74) is 2.14. The van der Waals surface area contributed by atoms with Gasteiger partial charge in [-0.3, -0.25) is 4.79 Å². The van der Waals surface area contributed by atoms with E-state index in [4.69, 9.17) is 18.3 Å². The topological polar surface area (TPSA) is 78.2 Å². The number of nitrogens with zero attached hydrogens (tertiary/aromatic N) is 1. The van der Waals surface area contributed by atoms with E-state index >= 15 is 0 Å². The monoisotopic (exact) mass is 621 g/mol. The molecule has 0 aliphatic heterocycles. The summed E-state index contributed by atoms with van der Waals surface area (Å²) < 4.78 is 23.6. The van der Waals surface area contributed by atoms with Crippen molar-refractivity contribution in [3.63, 3.8) is 0 Å². The Kier molecular flexibility index (Phi) is 10.4. The minimum Gasteiger partial charge on any atom is -0.482 e. The lowest BCUT2D eigenvalue weighted by atomic mass is 9.92. The van der Waals surface area contributed by atoms with Crippen LogP contribution in [0.4, 0.5) is 0 Å². The van der Waals surface area contributed by atoms with E-state index < -0.39 is 19.9 Å². The van der Waals surface area contributed by atoms with Crippen LogP contribution in [0.5, 0.6) is 5.75 Å². The van der Waals surface area contributed by atoms with Crippen molar-refractivity contribution in [2.24, 2.45) is 5.92 Å². The van der Waals surface area contributed by atoms with Gasteiger partial charge in [0.25, 0.3) is 0 Å². The Balaban J connectivity index is 1.53. The van der Waals surface area contributed by atoms with Crippen LogP contribution in [0.3, 0.4) is 0 Å². The van der Waals surface area contributed by atoms with Gasteiger partial charge in [0.05, 0.1) is 18.7 Å². The Morgan fingerprint density at radius 2 is 1.75 bits per heavy atom. The highest BCUT2D eigenvalue weighted by molar-refractivity contribution is 6.74. The molecule has 1 aliphatic rings. The first-order chi connectivity index (χ1) is 20.5. The maximum absolute atomic E-state index is 13.8. The van der Waals surface area contributed by atoms with Gasteiger partial charge in [-0.2, -0.15) is 0 Å². The Morgan fingerprint density at radius 1 is 1.02 bits per heavy atom. The summed E-state index contributed by atoms with van der Waals surface area (Å²) >= 11 is 0. The van der Waals surface area contributed by atoms with Gasteiger partial charge < -0.3 is 23.2 Å². The smallest absolute Gasteiger partial charge is 0.344 e. The van der Waals surface area contributed by atoms with Gasteiger partial charge in [-0.25, -0.2) is 4.79 Å². The number of esters is 1. The average Bonchev–Trinajstić information content (AvgIpc) is 3.58. The third-order valence-corrected chi connectivity index (χ3v) is 13.7. The van der Waals surface area contributed by atoms with Crippen LogP contribution in [-0.2, 0) is 25.2 Å². The number of fused-ring (bicyclic) bond motifs is 1. The number of ether oxygens (including phenoxy) is 2. The Bertz CT molecular complexity index is 1430. The summed E-state index contributed by atoms with van der Waals surface area (Å²) in [6, 6.07) is 15.4. The lowest BCUT2D eigenvalue weighted by Crippen LogP contribution is -2.43. The van der Waals surface area contributed by atoms with Crippen LogP contribution in [0.1, 0.15) is 84.4 Å². The minimum absolute atomic E-state index is 0.0378. The molecule has 2 aromatic carbocycles. The SMILES string of the molecule is CN(C(=O)Cc1cccc2occc12)[C@@H](CC1CC[C@@H](O[Si](C)(C)C(C)(C)C)C1)c1cccc(OCC(=O)OC(C)(C)C)c1. The van der Waals surface area contributed by atoms with Crippen molar-refractivity contribution in [2.45, 2.75) is 110 Å². The molecule has 7 nitrogen and oxygen atoms in total. The summed E-state index contributed by atoms with van der Waals surface area (Å²) in [5.74, 6) is 0.622. The summed E-state index contributed by atoms with van der Waals surface area (Å²) in [6.07, 6.45) is 6.13. The second kappa shape index (κ2) is 13.5. The molecule has 0 saturated heterocycles. The molecule has 1 aliphatic carbocycles. The zero-order chi connectivity index (χ0) is 32.3. The third kappa shape index (κ3) is 8.75. The number of hydrogen-bond donors (Lipinski definition) is 0. The molecule has 4 rings (SSSR count). The first-order valence-corrected chi connectivity index (χ1v) is 18.8. The van der Waals surface area contributed by atoms with E-state index in [1.165, 1.54) is 0 Å². The number of likely N-dealkylation sites (N-methyl/N-ethyl adjacent to an activating group) is 1. The minimum atomic E-state index is -1.87. The standard InChI is InChI=1S/C36H51NO6Si/c1-35(2,3)42-34(39)24-41-28-14-10-13-27(22-28)31(21-25-16-17-29(20-25)43-44(8,9)36(4,5)6)37(7)33(38)23-26-12-11-15-32-30(26)18-19-40-32/h10-15,18-19,22,25,29,31H,16-17,20-21,23-24H2,1-9H3/t25?,29-,31+/m1/s1. The van der Waals surface area contributed by atoms with Crippen molar-refractivity contribution >= 4 is 31.2 Å². The van der Waals surface area contributed by atoms with Crippen LogP contribution in [0.2, 0.25) is 18.1 Å². The van der Waals surface area contributed by atoms with Gasteiger partial charge in [0, 0.05) is 18.5 Å². The molecule has 1 aromatic heterocycles. The van der Waals surface area contributed by atoms with Crippen LogP contribution in [-0.4, -0.2) is 50.5 Å². The zero-order valence-corrected chi connectivity index (χ0v) is 29.1. The fourth-order valence-corrected chi connectivity index (χ4v) is 7.18. The fourth-order valence-electron chi connectivity index (χ4n) is 5.77. The number of carbonyl (C=O) groups excluding carboxylic acids is 2. The predicted octanol–water partition coefficient (Wildman–Crippen LogP) is 8.48. The van der Waals surface area contributed by atoms with Gasteiger partial charge in [-0.05, 0) is 106 Å². The zero-order valence-electron chi connectivity index (χ0n) is 28.1. The van der Waals surface area contributed by atoms with Crippen LogP contribution >= 0.6 is 0 Å². The van der Waals surface area contributed by atoms with Gasteiger partial charge in [0.2, 0.25) is 5.91 Å². The molecular weight excluding hydrogens is 570 g/mol. The van der Waals surface area contributed by atoms with Crippen molar-refractivity contribution in [3.8, 4) is 5.75 Å². The summed E-state index contributed by atoms with van der Waals surface area (Å²) in [5, 5.41) is 1.13. The van der Waals surface area contributed by atoms with Gasteiger partial charge >= 0.3 is 5.97 Å². The van der Waals surface area contributed by atoms with Gasteiger partial charge in [0.15, 0.2) is 14.9 Å². The molecule has 1 fully saturated rings. The lowest BCUT2D eigenvalue weighted by Gasteiger charge is -2.38. The first-order valence-electron chi connectivity index (χ1n) is 15.9. The molecule has 0 N–H and O–H groups in total. The highest BCUT2D eigenvalue weighted by atomic mass is 28.4. The number of amides is 1. The van der Waals surface area contributed by atoms with Gasteiger partial charge in [-0.1, -0.05) is 45.0 Å². The molecule has 0 spiro atoms. The second-order valence-corrected chi connectivity index (χ2v) is 19.6. The van der Waals surface area contributed by atoms with Crippen LogP contribution < -0.4 is 4.74 Å². The number of carbonyl (C=O) groups is 2. The van der Waals surface area contributed by atoms with E-state index in [-0.39, 0.29) is 36.1 Å². The number of hydrogen-bond acceptors (Lipinski definition) is 6. The van der Waals surface area contributed by atoms with E-state index in [1.807, 2.05) is 81.2 Å². The molecule has 1 saturated carbocycles. The second-order valence-electron chi connectivity index (χ2n) is 14.8. The van der Waals surface area contributed by atoms with Crippen molar-refractivity contribution in [1.29, 1.82) is 0 Å². The summed E-state index contributed by atoms with van der Waals surface area (Å²) in [4.78, 5) is 28.0. The predicted molar refractivity (Wildman–Crippen MR) is 177 cm³/mol. The quantitative estimate of drug-likeness (QED) is 0.158. The molecule has 3 aromatic rings. The summed E-state index contributed by atoms with van der Waals surface area (Å²) in [7, 11) is 0.0273. The van der Waals surface area contributed by atoms with E-state index in [9.17, 15) is 9.59 Å². The molecular formula is C36H51NO6Si. The van der Waals surface area contributed by atoms with Crippen molar-refractivity contribution in [3.05, 3.63) is 65.9 Å². The third-order valence-electron chi connectivity index (χ3n) is 9.13. The van der Waals surface area contributed by atoms with E-state index in [1.54, 1.807) is 6.26 Å². The average molecular weight is 622 g/mol. The molecule has 0 bridgehead atoms. The van der Waals surface area contributed by atoms with Crippen LogP contribution in [0.25, 0.3) is 11.0 Å². The maximum atomic E-state index is 13.8. The highest BCUT2D eigenvalue weighted by Crippen LogP contribution is 2.43. The molecule has 1 amide bonds. The summed E-state index contributed by atoms with van der Waals surface area (Å²) in [6.45, 7) is 16.8. The normalized spacial score (nSPS) is 18.3.